The van der Waals surface area contributed by atoms with Gasteiger partial charge in [0.25, 0.3) is 15.9 Å². The van der Waals surface area contributed by atoms with Crippen LogP contribution >= 0.6 is 11.3 Å². The number of aryl methyl sites for hydroxylation is 2. The van der Waals surface area contributed by atoms with Crippen LogP contribution in [0.2, 0.25) is 0 Å². The fourth-order valence-corrected chi connectivity index (χ4v) is 7.75. The van der Waals surface area contributed by atoms with E-state index in [4.69, 9.17) is 14.2 Å². The topological polar surface area (TPSA) is 117 Å². The van der Waals surface area contributed by atoms with Crippen LogP contribution in [0.15, 0.2) is 70.6 Å². The van der Waals surface area contributed by atoms with Crippen molar-refractivity contribution in [3.63, 3.8) is 0 Å². The number of carbonyl (C=O) groups is 2. The van der Waals surface area contributed by atoms with Crippen LogP contribution in [0.4, 0.5) is 5.69 Å². The highest BCUT2D eigenvalue weighted by Gasteiger charge is 2.29. The predicted molar refractivity (Wildman–Crippen MR) is 158 cm³/mol. The van der Waals surface area contributed by atoms with Crippen molar-refractivity contribution < 1.29 is 32.2 Å². The number of amides is 1. The molecule has 3 aromatic carbocycles. The average molecular weight is 608 g/mol. The van der Waals surface area contributed by atoms with Gasteiger partial charge in [0.05, 0.1) is 33.8 Å². The van der Waals surface area contributed by atoms with Gasteiger partial charge in [0, 0.05) is 30.8 Å². The Hall–Kier alpha value is -4.16. The highest BCUT2D eigenvalue weighted by molar-refractivity contribution is 7.92. The highest BCUT2D eigenvalue weighted by atomic mass is 32.2. The van der Waals surface area contributed by atoms with Gasteiger partial charge in [-0.1, -0.05) is 29.5 Å². The summed E-state index contributed by atoms with van der Waals surface area (Å²) >= 11 is 1.29. The normalized spacial score (nSPS) is 15.0. The maximum Gasteiger partial charge on any atom is 0.307 e. The summed E-state index contributed by atoms with van der Waals surface area (Å²) in [7, 11) is -3.81. The second kappa shape index (κ2) is 11.6. The Bertz CT molecular complexity index is 1840. The van der Waals surface area contributed by atoms with E-state index >= 15 is 0 Å². The molecule has 10 nitrogen and oxygen atoms in total. The zero-order valence-electron chi connectivity index (χ0n) is 22.9. The number of esters is 1. The minimum Gasteiger partial charge on any atom is -0.486 e. The van der Waals surface area contributed by atoms with E-state index in [0.29, 0.717) is 41.7 Å². The van der Waals surface area contributed by atoms with E-state index in [-0.39, 0.29) is 36.0 Å². The number of carbonyl (C=O) groups excluding carboxylic acids is 2. The summed E-state index contributed by atoms with van der Waals surface area (Å²) in [6, 6.07) is 17.0. The van der Waals surface area contributed by atoms with Crippen LogP contribution in [0.25, 0.3) is 10.2 Å². The van der Waals surface area contributed by atoms with Gasteiger partial charge in [-0.2, -0.15) is 4.99 Å². The summed E-state index contributed by atoms with van der Waals surface area (Å²) in [5, 5.41) is 0. The molecule has 3 heterocycles. The van der Waals surface area contributed by atoms with Gasteiger partial charge in [0.1, 0.15) is 13.2 Å². The van der Waals surface area contributed by atoms with Crippen molar-refractivity contribution in [1.82, 2.24) is 4.57 Å². The van der Waals surface area contributed by atoms with E-state index < -0.39 is 15.9 Å². The Kier molecular flexibility index (Phi) is 7.74. The molecule has 0 fully saturated rings. The molecule has 1 aromatic heterocycles. The lowest BCUT2D eigenvalue weighted by Gasteiger charge is -2.30. The molecule has 0 atom stereocenters. The summed E-state index contributed by atoms with van der Waals surface area (Å²) in [4.78, 5) is 30.3. The molecule has 42 heavy (non-hydrogen) atoms. The van der Waals surface area contributed by atoms with Crippen molar-refractivity contribution in [2.24, 2.45) is 4.99 Å². The molecule has 0 spiro atoms. The van der Waals surface area contributed by atoms with E-state index in [0.717, 1.165) is 28.6 Å². The Balaban J connectivity index is 1.32. The SMILES string of the molecule is CCOC(=O)CCn1c(=NC(=O)c2ccc(S(=O)(=O)N3CCCc4ccccc43)cc2)sc2cc3c(cc21)OCCO3. The number of sulfonamides is 1. The first-order valence-electron chi connectivity index (χ1n) is 13.7. The molecule has 1 amide bonds. The van der Waals surface area contributed by atoms with E-state index in [1.54, 1.807) is 11.5 Å². The molecular formula is C30H29N3O7S2. The number of anilines is 1. The van der Waals surface area contributed by atoms with E-state index in [2.05, 4.69) is 4.99 Å². The maximum atomic E-state index is 13.5. The van der Waals surface area contributed by atoms with E-state index in [1.807, 2.05) is 36.4 Å². The van der Waals surface area contributed by atoms with Gasteiger partial charge in [-0.05, 0) is 55.7 Å². The molecule has 0 aliphatic carbocycles. The first kappa shape index (κ1) is 28.0. The van der Waals surface area contributed by atoms with Crippen LogP contribution in [-0.4, -0.2) is 51.2 Å². The fourth-order valence-electron chi connectivity index (χ4n) is 5.14. The van der Waals surface area contributed by atoms with Crippen molar-refractivity contribution in [3.05, 3.63) is 76.6 Å². The standard InChI is InChI=1S/C30H29N3O7S2/c1-2-38-28(34)13-15-32-24-18-25-26(40-17-16-39-25)19-27(24)41-30(32)31-29(35)21-9-11-22(12-10-21)42(36,37)33-14-5-7-20-6-3-4-8-23(20)33/h3-4,6,8-12,18-19H,2,5,7,13-17H2,1H3. The predicted octanol–water partition coefficient (Wildman–Crippen LogP) is 4.31. The third-order valence-corrected chi connectivity index (χ3v) is 10.0. The molecular weight excluding hydrogens is 578 g/mol. The van der Waals surface area contributed by atoms with Crippen LogP contribution in [0.1, 0.15) is 35.7 Å². The van der Waals surface area contributed by atoms with Crippen molar-refractivity contribution in [1.29, 1.82) is 0 Å². The van der Waals surface area contributed by atoms with E-state index in [1.165, 1.54) is 39.9 Å². The molecule has 12 heteroatoms. The molecule has 6 rings (SSSR count). The minimum absolute atomic E-state index is 0.0989. The van der Waals surface area contributed by atoms with Gasteiger partial charge in [-0.15, -0.1) is 0 Å². The second-order valence-electron chi connectivity index (χ2n) is 9.81. The Morgan fingerprint density at radius 2 is 1.76 bits per heavy atom. The molecule has 0 radical (unpaired) electrons. The van der Waals surface area contributed by atoms with Gasteiger partial charge < -0.3 is 18.8 Å². The molecule has 0 saturated carbocycles. The number of ether oxygens (including phenoxy) is 3. The Morgan fingerprint density at radius 1 is 1.02 bits per heavy atom. The van der Waals surface area contributed by atoms with Gasteiger partial charge in [-0.25, -0.2) is 8.42 Å². The number of aromatic nitrogens is 1. The highest BCUT2D eigenvalue weighted by Crippen LogP contribution is 2.36. The second-order valence-corrected chi connectivity index (χ2v) is 12.7. The number of thiazole rings is 1. The summed E-state index contributed by atoms with van der Waals surface area (Å²) in [6.07, 6.45) is 1.66. The number of hydrogen-bond donors (Lipinski definition) is 0. The summed E-state index contributed by atoms with van der Waals surface area (Å²) in [5.74, 6) is 0.309. The monoisotopic (exact) mass is 607 g/mol. The molecule has 0 unspecified atom stereocenters. The van der Waals surface area contributed by atoms with Crippen LogP contribution in [-0.2, 0) is 32.5 Å². The molecule has 4 aromatic rings. The number of benzene rings is 3. The molecule has 2 aliphatic rings. The maximum absolute atomic E-state index is 13.5. The van der Waals surface area contributed by atoms with Crippen LogP contribution in [0, 0.1) is 0 Å². The molecule has 0 bridgehead atoms. The van der Waals surface area contributed by atoms with Gasteiger partial charge in [-0.3, -0.25) is 13.9 Å². The van der Waals surface area contributed by atoms with Crippen molar-refractivity contribution in [2.75, 3.05) is 30.7 Å². The van der Waals surface area contributed by atoms with Crippen molar-refractivity contribution in [3.8, 4) is 11.5 Å². The van der Waals surface area contributed by atoms with Gasteiger partial charge in [0.2, 0.25) is 0 Å². The number of nitrogens with zero attached hydrogens (tertiary/aromatic N) is 3. The van der Waals surface area contributed by atoms with Crippen molar-refractivity contribution in [2.45, 2.75) is 37.6 Å². The number of fused-ring (bicyclic) bond motifs is 3. The largest absolute Gasteiger partial charge is 0.486 e. The Morgan fingerprint density at radius 3 is 2.52 bits per heavy atom. The summed E-state index contributed by atoms with van der Waals surface area (Å²) in [5.41, 5.74) is 2.68. The zero-order chi connectivity index (χ0) is 29.3. The number of hydrogen-bond acceptors (Lipinski definition) is 8. The Labute approximate surface area is 246 Å². The van der Waals surface area contributed by atoms with Crippen LogP contribution in [0.5, 0.6) is 11.5 Å². The van der Waals surface area contributed by atoms with E-state index in [9.17, 15) is 18.0 Å². The third kappa shape index (κ3) is 5.39. The van der Waals surface area contributed by atoms with Gasteiger partial charge >= 0.3 is 5.97 Å². The first-order chi connectivity index (χ1) is 20.3. The van der Waals surface area contributed by atoms with Crippen molar-refractivity contribution >= 4 is 49.1 Å². The van der Waals surface area contributed by atoms with Crippen LogP contribution in [0.3, 0.4) is 0 Å². The summed E-state index contributed by atoms with van der Waals surface area (Å²) < 4.78 is 47.6. The zero-order valence-corrected chi connectivity index (χ0v) is 24.6. The minimum atomic E-state index is -3.81. The smallest absolute Gasteiger partial charge is 0.307 e. The number of rotatable bonds is 7. The fraction of sp³-hybridized carbons (Fsp3) is 0.300. The van der Waals surface area contributed by atoms with Crippen LogP contribution < -0.4 is 18.6 Å². The summed E-state index contributed by atoms with van der Waals surface area (Å²) in [6.45, 7) is 3.54. The molecule has 0 N–H and O–H groups in total. The molecule has 218 valence electrons. The quantitative estimate of drug-likeness (QED) is 0.288. The third-order valence-electron chi connectivity index (χ3n) is 7.15. The molecule has 0 saturated heterocycles. The lowest BCUT2D eigenvalue weighted by molar-refractivity contribution is -0.143. The lowest BCUT2D eigenvalue weighted by Crippen LogP contribution is -2.35. The average Bonchev–Trinajstić information content (AvgIpc) is 3.33. The lowest BCUT2D eigenvalue weighted by atomic mass is 10.0. The number of para-hydroxylation sites is 1. The molecule has 2 aliphatic heterocycles. The first-order valence-corrected chi connectivity index (χ1v) is 16.0. The van der Waals surface area contributed by atoms with Gasteiger partial charge in [0.15, 0.2) is 16.3 Å².